The Morgan fingerprint density at radius 1 is 1.29 bits per heavy atom. The van der Waals surface area contributed by atoms with Crippen molar-refractivity contribution in [2.45, 2.75) is 0 Å². The fourth-order valence-corrected chi connectivity index (χ4v) is 1.66. The molecule has 0 aliphatic heterocycles. The molecule has 6 heteroatoms. The first-order chi connectivity index (χ1) is 6.61. The van der Waals surface area contributed by atoms with Gasteiger partial charge in [-0.25, -0.2) is 8.88 Å². The molecule has 0 unspecified atom stereocenters. The summed E-state index contributed by atoms with van der Waals surface area (Å²) in [7, 11) is 0. The van der Waals surface area contributed by atoms with E-state index in [1.54, 1.807) is 18.2 Å². The zero-order valence-electron chi connectivity index (χ0n) is 6.75. The summed E-state index contributed by atoms with van der Waals surface area (Å²) < 4.78 is 0.822. The van der Waals surface area contributed by atoms with Crippen LogP contribution >= 0.6 is 23.4 Å². The highest BCUT2D eigenvalue weighted by Gasteiger charge is 2.08. The summed E-state index contributed by atoms with van der Waals surface area (Å²) in [5, 5.41) is 0.474. The fraction of sp³-hybridized carbons (Fsp3) is 0. The van der Waals surface area contributed by atoms with Gasteiger partial charge < -0.3 is 0 Å². The number of hydrogen-bond donors (Lipinski definition) is 1. The van der Waals surface area contributed by atoms with Gasteiger partial charge in [-0.15, -0.1) is 0 Å². The third kappa shape index (κ3) is 1.23. The lowest BCUT2D eigenvalue weighted by Crippen LogP contribution is -2.26. The van der Waals surface area contributed by atoms with Crippen LogP contribution in [0.2, 0.25) is 5.02 Å². The molecule has 1 heterocycles. The van der Waals surface area contributed by atoms with E-state index in [2.05, 4.69) is 4.98 Å². The molecule has 0 amide bonds. The highest BCUT2D eigenvalue weighted by Crippen LogP contribution is 2.18. The van der Waals surface area contributed by atoms with Crippen molar-refractivity contribution in [1.29, 1.82) is 0 Å². The van der Waals surface area contributed by atoms with Crippen molar-refractivity contribution in [1.82, 2.24) is 9.07 Å². The van der Waals surface area contributed by atoms with Gasteiger partial charge in [0.15, 0.2) is 0 Å². The number of nitrogens with one attached hydrogen (secondary N) is 1. The molecule has 4 nitrogen and oxygen atoms in total. The van der Waals surface area contributed by atoms with Gasteiger partial charge in [0.1, 0.15) is 0 Å². The standard InChI is InChI=1S/C8H4Cl2N2O2/c9-4-2-1-3-5-6(4)7(13)11-8(14)12(5)10/h1-3H,(H,11,13,14). The average Bonchev–Trinajstić information content (AvgIpc) is 2.14. The van der Waals surface area contributed by atoms with Crippen LogP contribution in [0.1, 0.15) is 0 Å². The molecule has 2 aromatic rings. The van der Waals surface area contributed by atoms with Gasteiger partial charge in [0, 0.05) is 11.8 Å². The van der Waals surface area contributed by atoms with Crippen molar-refractivity contribution in [2.24, 2.45) is 0 Å². The predicted octanol–water partition coefficient (Wildman–Crippen LogP) is 1.35. The minimum atomic E-state index is -0.675. The number of aromatic amines is 1. The highest BCUT2D eigenvalue weighted by atomic mass is 35.5. The number of halogens is 2. The smallest absolute Gasteiger partial charge is 0.272 e. The highest BCUT2D eigenvalue weighted by molar-refractivity contribution is 6.35. The Labute approximate surface area is 87.8 Å². The van der Waals surface area contributed by atoms with Crippen molar-refractivity contribution in [2.75, 3.05) is 0 Å². The van der Waals surface area contributed by atoms with Crippen molar-refractivity contribution in [3.63, 3.8) is 0 Å². The van der Waals surface area contributed by atoms with Gasteiger partial charge >= 0.3 is 5.69 Å². The molecule has 0 saturated heterocycles. The van der Waals surface area contributed by atoms with E-state index in [0.29, 0.717) is 5.52 Å². The Hall–Kier alpha value is -1.26. The Bertz CT molecular complexity index is 615. The third-order valence-electron chi connectivity index (χ3n) is 1.83. The lowest BCUT2D eigenvalue weighted by Gasteiger charge is -2.01. The summed E-state index contributed by atoms with van der Waals surface area (Å²) in [6.07, 6.45) is 0. The van der Waals surface area contributed by atoms with Crippen LogP contribution in [-0.2, 0) is 0 Å². The zero-order valence-corrected chi connectivity index (χ0v) is 8.26. The molecule has 1 N–H and O–H groups in total. The number of nitrogens with zero attached hydrogens (tertiary/aromatic N) is 1. The van der Waals surface area contributed by atoms with Gasteiger partial charge in [-0.2, -0.15) is 0 Å². The predicted molar refractivity (Wildman–Crippen MR) is 55.1 cm³/mol. The van der Waals surface area contributed by atoms with E-state index in [-0.39, 0.29) is 10.4 Å². The van der Waals surface area contributed by atoms with Gasteiger partial charge in [-0.3, -0.25) is 9.78 Å². The van der Waals surface area contributed by atoms with Crippen LogP contribution in [0.25, 0.3) is 10.9 Å². The molecular weight excluding hydrogens is 227 g/mol. The molecule has 14 heavy (non-hydrogen) atoms. The maximum atomic E-state index is 11.4. The number of hydrogen-bond acceptors (Lipinski definition) is 2. The van der Waals surface area contributed by atoms with Crippen molar-refractivity contribution < 1.29 is 0 Å². The summed E-state index contributed by atoms with van der Waals surface area (Å²) in [5.74, 6) is 0. The molecule has 72 valence electrons. The lowest BCUT2D eigenvalue weighted by atomic mass is 10.2. The maximum absolute atomic E-state index is 11.4. The Morgan fingerprint density at radius 2 is 2.00 bits per heavy atom. The summed E-state index contributed by atoms with van der Waals surface area (Å²) in [5.41, 5.74) is -0.910. The molecule has 1 aromatic carbocycles. The van der Waals surface area contributed by atoms with Crippen molar-refractivity contribution >= 4 is 34.3 Å². The van der Waals surface area contributed by atoms with Gasteiger partial charge in [-0.1, -0.05) is 17.7 Å². The number of fused-ring (bicyclic) bond motifs is 1. The molecule has 0 radical (unpaired) electrons. The summed E-state index contributed by atoms with van der Waals surface area (Å²) in [6.45, 7) is 0. The number of rotatable bonds is 0. The fourth-order valence-electron chi connectivity index (χ4n) is 1.22. The molecule has 0 aliphatic rings. The molecule has 1 aromatic heterocycles. The second kappa shape index (κ2) is 3.15. The van der Waals surface area contributed by atoms with Gasteiger partial charge in [-0.05, 0) is 12.1 Å². The van der Waals surface area contributed by atoms with Crippen LogP contribution < -0.4 is 11.2 Å². The number of H-pyrrole nitrogens is 1. The summed E-state index contributed by atoms with van der Waals surface area (Å²) in [6, 6.07) is 4.72. The summed E-state index contributed by atoms with van der Waals surface area (Å²) in [4.78, 5) is 24.5. The Morgan fingerprint density at radius 3 is 2.71 bits per heavy atom. The molecule has 0 bridgehead atoms. The van der Waals surface area contributed by atoms with Gasteiger partial charge in [0.2, 0.25) is 0 Å². The van der Waals surface area contributed by atoms with Crippen LogP contribution in [-0.4, -0.2) is 9.07 Å². The van der Waals surface area contributed by atoms with E-state index in [0.717, 1.165) is 4.09 Å². The molecule has 0 spiro atoms. The van der Waals surface area contributed by atoms with E-state index in [4.69, 9.17) is 23.4 Å². The zero-order chi connectivity index (χ0) is 10.3. The maximum Gasteiger partial charge on any atom is 0.343 e. The molecule has 0 saturated carbocycles. The Balaban J connectivity index is 3.18. The molecular formula is C8H4Cl2N2O2. The molecule has 0 aliphatic carbocycles. The van der Waals surface area contributed by atoms with E-state index < -0.39 is 11.2 Å². The lowest BCUT2D eigenvalue weighted by molar-refractivity contribution is 1.03. The minimum absolute atomic E-state index is 0.212. The van der Waals surface area contributed by atoms with Crippen LogP contribution in [0.4, 0.5) is 0 Å². The topological polar surface area (TPSA) is 54.9 Å². The van der Waals surface area contributed by atoms with Crippen LogP contribution in [0.3, 0.4) is 0 Å². The normalized spacial score (nSPS) is 10.7. The quantitative estimate of drug-likeness (QED) is 0.743. The van der Waals surface area contributed by atoms with Gasteiger partial charge in [0.25, 0.3) is 5.56 Å². The van der Waals surface area contributed by atoms with Crippen molar-refractivity contribution in [3.8, 4) is 0 Å². The van der Waals surface area contributed by atoms with Crippen LogP contribution in [0.15, 0.2) is 27.8 Å². The largest absolute Gasteiger partial charge is 0.343 e. The van der Waals surface area contributed by atoms with Crippen LogP contribution in [0.5, 0.6) is 0 Å². The first kappa shape index (κ1) is 9.30. The monoisotopic (exact) mass is 230 g/mol. The first-order valence-electron chi connectivity index (χ1n) is 3.71. The SMILES string of the molecule is O=c1[nH]c(=O)n(Cl)c2cccc(Cl)c12. The van der Waals surface area contributed by atoms with E-state index >= 15 is 0 Å². The minimum Gasteiger partial charge on any atom is -0.272 e. The van der Waals surface area contributed by atoms with E-state index in [9.17, 15) is 9.59 Å². The Kier molecular flexibility index (Phi) is 2.09. The summed E-state index contributed by atoms with van der Waals surface area (Å²) >= 11 is 11.4. The average molecular weight is 231 g/mol. The first-order valence-corrected chi connectivity index (χ1v) is 4.42. The van der Waals surface area contributed by atoms with E-state index in [1.807, 2.05) is 0 Å². The van der Waals surface area contributed by atoms with Crippen molar-refractivity contribution in [3.05, 3.63) is 44.1 Å². The van der Waals surface area contributed by atoms with E-state index in [1.165, 1.54) is 0 Å². The van der Waals surface area contributed by atoms with Gasteiger partial charge in [0.05, 0.1) is 15.9 Å². The third-order valence-corrected chi connectivity index (χ3v) is 2.48. The molecule has 0 atom stereocenters. The second-order valence-corrected chi connectivity index (χ2v) is 3.42. The van der Waals surface area contributed by atoms with Crippen LogP contribution in [0, 0.1) is 0 Å². The molecule has 0 fully saturated rings. The second-order valence-electron chi connectivity index (χ2n) is 2.67. The number of aromatic nitrogens is 2. The number of benzene rings is 1. The molecule has 2 rings (SSSR count).